The van der Waals surface area contributed by atoms with Crippen molar-refractivity contribution in [2.75, 3.05) is 18.0 Å². The van der Waals surface area contributed by atoms with Gasteiger partial charge in [0.05, 0.1) is 17.8 Å². The lowest BCUT2D eigenvalue weighted by Gasteiger charge is -2.20. The van der Waals surface area contributed by atoms with Gasteiger partial charge < -0.3 is 19.6 Å². The van der Waals surface area contributed by atoms with Gasteiger partial charge in [0.1, 0.15) is 23.6 Å². The summed E-state index contributed by atoms with van der Waals surface area (Å²) in [5.74, 6) is 0.714. The highest BCUT2D eigenvalue weighted by molar-refractivity contribution is 6.01. The van der Waals surface area contributed by atoms with Crippen LogP contribution in [0.4, 0.5) is 5.69 Å². The number of hydrogen-bond donors (Lipinski definition) is 2. The number of pyridine rings is 1. The number of aliphatic hydroxyl groups excluding tert-OH is 1. The summed E-state index contributed by atoms with van der Waals surface area (Å²) in [5.41, 5.74) is 5.29. The molecule has 4 aromatic rings. The fourth-order valence-corrected chi connectivity index (χ4v) is 4.09. The van der Waals surface area contributed by atoms with Gasteiger partial charge in [0.15, 0.2) is 0 Å². The fourth-order valence-electron chi connectivity index (χ4n) is 4.09. The van der Waals surface area contributed by atoms with Crippen molar-refractivity contribution >= 4 is 27.8 Å². The zero-order valence-electron chi connectivity index (χ0n) is 14.7. The molecule has 0 saturated carbocycles. The molecular formula is C20H21N5O. The van der Waals surface area contributed by atoms with E-state index < -0.39 is 0 Å². The predicted octanol–water partition coefficient (Wildman–Crippen LogP) is 3.16. The average molecular weight is 347 g/mol. The van der Waals surface area contributed by atoms with Crippen LogP contribution >= 0.6 is 0 Å². The van der Waals surface area contributed by atoms with Crippen LogP contribution in [0.1, 0.15) is 23.9 Å². The van der Waals surface area contributed by atoms with Crippen LogP contribution in [-0.4, -0.2) is 37.7 Å². The normalized spacial score (nSPS) is 17.6. The number of aromatic nitrogens is 4. The second-order valence-corrected chi connectivity index (χ2v) is 7.01. The third-order valence-corrected chi connectivity index (χ3v) is 5.38. The fraction of sp³-hybridized carbons (Fsp3) is 0.300. The number of H-pyrrole nitrogens is 1. The van der Waals surface area contributed by atoms with E-state index in [1.165, 1.54) is 11.3 Å². The Bertz CT molecular complexity index is 1080. The summed E-state index contributed by atoms with van der Waals surface area (Å²) < 4.78 is 2.22. The molecule has 6 nitrogen and oxygen atoms in total. The minimum atomic E-state index is -0.0678. The number of anilines is 1. The number of aryl methyl sites for hydroxylation is 1. The van der Waals surface area contributed by atoms with Gasteiger partial charge in [-0.05, 0) is 31.5 Å². The monoisotopic (exact) mass is 347 g/mol. The summed E-state index contributed by atoms with van der Waals surface area (Å²) in [7, 11) is 0. The van der Waals surface area contributed by atoms with Gasteiger partial charge >= 0.3 is 0 Å². The second-order valence-electron chi connectivity index (χ2n) is 7.01. The van der Waals surface area contributed by atoms with E-state index in [-0.39, 0.29) is 12.6 Å². The molecule has 1 aromatic carbocycles. The minimum Gasteiger partial charge on any atom is -0.388 e. The molecule has 0 amide bonds. The van der Waals surface area contributed by atoms with Crippen molar-refractivity contribution < 1.29 is 5.11 Å². The van der Waals surface area contributed by atoms with Crippen molar-refractivity contribution in [1.82, 2.24) is 19.5 Å². The molecule has 1 atom stereocenters. The maximum Gasteiger partial charge on any atom is 0.139 e. The van der Waals surface area contributed by atoms with Gasteiger partial charge in [0.25, 0.3) is 0 Å². The highest BCUT2D eigenvalue weighted by Crippen LogP contribution is 2.33. The van der Waals surface area contributed by atoms with Crippen molar-refractivity contribution in [1.29, 1.82) is 0 Å². The molecule has 1 aliphatic heterocycles. The van der Waals surface area contributed by atoms with Crippen LogP contribution in [0, 0.1) is 6.92 Å². The van der Waals surface area contributed by atoms with Gasteiger partial charge in [-0.1, -0.05) is 17.7 Å². The SMILES string of the molecule is Cc1ccc(N2CCC(n3c(CO)nc4cnc5[nH]ccc5c43)C2)cc1. The van der Waals surface area contributed by atoms with Crippen molar-refractivity contribution in [3.8, 4) is 0 Å². The summed E-state index contributed by atoms with van der Waals surface area (Å²) in [5, 5.41) is 10.9. The molecule has 5 rings (SSSR count). The van der Waals surface area contributed by atoms with Crippen molar-refractivity contribution in [2.24, 2.45) is 0 Å². The number of aromatic amines is 1. The smallest absolute Gasteiger partial charge is 0.139 e. The summed E-state index contributed by atoms with van der Waals surface area (Å²) in [6.45, 7) is 3.95. The van der Waals surface area contributed by atoms with Crippen LogP contribution in [0.2, 0.25) is 0 Å². The van der Waals surface area contributed by atoms with Crippen LogP contribution < -0.4 is 4.90 Å². The Morgan fingerprint density at radius 1 is 1.23 bits per heavy atom. The van der Waals surface area contributed by atoms with Crippen LogP contribution in [0.15, 0.2) is 42.7 Å². The highest BCUT2D eigenvalue weighted by atomic mass is 16.3. The highest BCUT2D eigenvalue weighted by Gasteiger charge is 2.28. The van der Waals surface area contributed by atoms with Crippen molar-refractivity contribution in [3.63, 3.8) is 0 Å². The summed E-state index contributed by atoms with van der Waals surface area (Å²) in [6.07, 6.45) is 4.72. The van der Waals surface area contributed by atoms with Crippen LogP contribution in [0.5, 0.6) is 0 Å². The number of aliphatic hydroxyl groups is 1. The number of rotatable bonds is 3. The maximum atomic E-state index is 9.89. The second kappa shape index (κ2) is 5.85. The van der Waals surface area contributed by atoms with E-state index in [1.807, 2.05) is 12.3 Å². The molecule has 1 unspecified atom stereocenters. The first-order valence-corrected chi connectivity index (χ1v) is 9.00. The Balaban J connectivity index is 1.58. The standard InChI is InChI=1S/C20H21N5O/c1-13-2-4-14(5-3-13)24-9-7-15(11-24)25-18(12-26)23-17-10-22-20-16(19(17)25)6-8-21-20/h2-6,8,10,15,26H,7,9,11-12H2,1H3,(H,21,22). The number of hydrogen-bond acceptors (Lipinski definition) is 4. The van der Waals surface area contributed by atoms with E-state index in [2.05, 4.69) is 55.6 Å². The lowest BCUT2D eigenvalue weighted by molar-refractivity contribution is 0.262. The number of benzene rings is 1. The van der Waals surface area contributed by atoms with Crippen LogP contribution in [-0.2, 0) is 6.61 Å². The average Bonchev–Trinajstić information content (AvgIpc) is 3.38. The summed E-state index contributed by atoms with van der Waals surface area (Å²) >= 11 is 0. The Hall–Kier alpha value is -2.86. The molecule has 26 heavy (non-hydrogen) atoms. The molecule has 6 heteroatoms. The molecule has 0 aliphatic carbocycles. The minimum absolute atomic E-state index is 0.0678. The van der Waals surface area contributed by atoms with Crippen molar-refractivity contribution in [2.45, 2.75) is 26.0 Å². The number of fused-ring (bicyclic) bond motifs is 3. The topological polar surface area (TPSA) is 70.0 Å². The number of imidazole rings is 1. The molecule has 0 bridgehead atoms. The molecule has 2 N–H and O–H groups in total. The molecular weight excluding hydrogens is 326 g/mol. The molecule has 1 aliphatic rings. The maximum absolute atomic E-state index is 9.89. The largest absolute Gasteiger partial charge is 0.388 e. The Kier molecular flexibility index (Phi) is 3.46. The number of nitrogens with zero attached hydrogens (tertiary/aromatic N) is 4. The van der Waals surface area contributed by atoms with E-state index in [9.17, 15) is 5.11 Å². The van der Waals surface area contributed by atoms with E-state index >= 15 is 0 Å². The predicted molar refractivity (Wildman–Crippen MR) is 102 cm³/mol. The van der Waals surface area contributed by atoms with E-state index in [1.54, 1.807) is 6.20 Å². The lowest BCUT2D eigenvalue weighted by Crippen LogP contribution is -2.21. The van der Waals surface area contributed by atoms with E-state index in [0.29, 0.717) is 5.82 Å². The van der Waals surface area contributed by atoms with Crippen molar-refractivity contribution in [3.05, 3.63) is 54.1 Å². The molecule has 4 heterocycles. The molecule has 0 radical (unpaired) electrons. The third-order valence-electron chi connectivity index (χ3n) is 5.38. The number of nitrogens with one attached hydrogen (secondary N) is 1. The summed E-state index contributed by atoms with van der Waals surface area (Å²) in [6, 6.07) is 11.0. The Labute approximate surface area is 151 Å². The quantitative estimate of drug-likeness (QED) is 0.597. The van der Waals surface area contributed by atoms with Crippen LogP contribution in [0.3, 0.4) is 0 Å². The first kappa shape index (κ1) is 15.4. The summed E-state index contributed by atoms with van der Waals surface area (Å²) in [4.78, 5) is 14.6. The zero-order chi connectivity index (χ0) is 17.7. The molecule has 1 saturated heterocycles. The Morgan fingerprint density at radius 3 is 2.88 bits per heavy atom. The van der Waals surface area contributed by atoms with Gasteiger partial charge in [-0.15, -0.1) is 0 Å². The molecule has 132 valence electrons. The zero-order valence-corrected chi connectivity index (χ0v) is 14.7. The molecule has 3 aromatic heterocycles. The van der Waals surface area contributed by atoms with E-state index in [4.69, 9.17) is 0 Å². The van der Waals surface area contributed by atoms with Gasteiger partial charge in [-0.3, -0.25) is 0 Å². The molecule has 0 spiro atoms. The van der Waals surface area contributed by atoms with Gasteiger partial charge in [-0.25, -0.2) is 9.97 Å². The van der Waals surface area contributed by atoms with Gasteiger partial charge in [0.2, 0.25) is 0 Å². The third kappa shape index (κ3) is 2.29. The Morgan fingerprint density at radius 2 is 2.08 bits per heavy atom. The molecule has 1 fully saturated rings. The van der Waals surface area contributed by atoms with Gasteiger partial charge in [0, 0.05) is 30.4 Å². The van der Waals surface area contributed by atoms with E-state index in [0.717, 1.165) is 41.6 Å². The first-order chi connectivity index (χ1) is 12.7. The van der Waals surface area contributed by atoms with Gasteiger partial charge in [-0.2, -0.15) is 0 Å². The lowest BCUT2D eigenvalue weighted by atomic mass is 10.2. The first-order valence-electron chi connectivity index (χ1n) is 9.00. The van der Waals surface area contributed by atoms with Crippen LogP contribution in [0.25, 0.3) is 22.1 Å².